The lowest BCUT2D eigenvalue weighted by atomic mass is 9.64. The van der Waals surface area contributed by atoms with Crippen molar-refractivity contribution >= 4 is 0 Å². The largest absolute Gasteiger partial charge is 0.381 e. The number of nitrogens with one attached hydrogen (secondary N) is 1. The zero-order chi connectivity index (χ0) is 10.4. The van der Waals surface area contributed by atoms with E-state index < -0.39 is 0 Å². The molecule has 3 nitrogen and oxygen atoms in total. The fourth-order valence-electron chi connectivity index (χ4n) is 2.30. The summed E-state index contributed by atoms with van der Waals surface area (Å²) in [6, 6.07) is 0.577. The lowest BCUT2D eigenvalue weighted by molar-refractivity contribution is -0.0976. The standard InChI is InChI=1S/C11H22N2O/c1-10(2)8(6-9(10)14-3)13-7-11(12)4-5-11/h8-9,13H,4-7,12H2,1-3H3. The van der Waals surface area contributed by atoms with Gasteiger partial charge in [0.15, 0.2) is 0 Å². The van der Waals surface area contributed by atoms with Gasteiger partial charge in [-0.2, -0.15) is 0 Å². The SMILES string of the molecule is COC1CC(NCC2(N)CC2)C1(C)C. The third kappa shape index (κ3) is 1.69. The third-order valence-corrected chi connectivity index (χ3v) is 4.05. The smallest absolute Gasteiger partial charge is 0.0652 e. The highest BCUT2D eigenvalue weighted by Gasteiger charge is 2.49. The van der Waals surface area contributed by atoms with E-state index in [1.54, 1.807) is 7.11 Å². The lowest BCUT2D eigenvalue weighted by Gasteiger charge is -2.51. The van der Waals surface area contributed by atoms with Crippen LogP contribution in [0.15, 0.2) is 0 Å². The van der Waals surface area contributed by atoms with Crippen LogP contribution in [0.1, 0.15) is 33.1 Å². The Morgan fingerprint density at radius 2 is 2.07 bits per heavy atom. The summed E-state index contributed by atoms with van der Waals surface area (Å²) >= 11 is 0. The van der Waals surface area contributed by atoms with Crippen molar-refractivity contribution in [1.82, 2.24) is 5.32 Å². The molecular weight excluding hydrogens is 176 g/mol. The van der Waals surface area contributed by atoms with Crippen molar-refractivity contribution in [2.45, 2.75) is 50.8 Å². The van der Waals surface area contributed by atoms with E-state index in [1.165, 1.54) is 12.8 Å². The fourth-order valence-corrected chi connectivity index (χ4v) is 2.30. The Balaban J connectivity index is 1.78. The second kappa shape index (κ2) is 3.19. The van der Waals surface area contributed by atoms with Crippen LogP contribution in [0.4, 0.5) is 0 Å². The first-order valence-corrected chi connectivity index (χ1v) is 5.53. The minimum Gasteiger partial charge on any atom is -0.381 e. The van der Waals surface area contributed by atoms with Crippen LogP contribution >= 0.6 is 0 Å². The molecule has 3 heteroatoms. The summed E-state index contributed by atoms with van der Waals surface area (Å²) in [5.74, 6) is 0. The Morgan fingerprint density at radius 3 is 2.50 bits per heavy atom. The summed E-state index contributed by atoms with van der Waals surface area (Å²) < 4.78 is 5.41. The molecule has 3 N–H and O–H groups in total. The monoisotopic (exact) mass is 198 g/mol. The topological polar surface area (TPSA) is 47.3 Å². The Morgan fingerprint density at radius 1 is 1.43 bits per heavy atom. The quantitative estimate of drug-likeness (QED) is 0.705. The van der Waals surface area contributed by atoms with E-state index in [0.717, 1.165) is 13.0 Å². The van der Waals surface area contributed by atoms with Crippen molar-refractivity contribution < 1.29 is 4.74 Å². The molecule has 2 rings (SSSR count). The van der Waals surface area contributed by atoms with E-state index in [4.69, 9.17) is 10.5 Å². The zero-order valence-corrected chi connectivity index (χ0v) is 9.47. The molecule has 0 heterocycles. The van der Waals surface area contributed by atoms with Crippen LogP contribution in [-0.2, 0) is 4.74 Å². The minimum absolute atomic E-state index is 0.119. The van der Waals surface area contributed by atoms with E-state index in [9.17, 15) is 0 Å². The van der Waals surface area contributed by atoms with Gasteiger partial charge in [0.25, 0.3) is 0 Å². The molecule has 14 heavy (non-hydrogen) atoms. The van der Waals surface area contributed by atoms with E-state index in [1.807, 2.05) is 0 Å². The molecule has 2 atom stereocenters. The number of ether oxygens (including phenoxy) is 1. The maximum atomic E-state index is 6.04. The molecule has 82 valence electrons. The molecule has 2 aliphatic rings. The van der Waals surface area contributed by atoms with Gasteiger partial charge in [-0.05, 0) is 19.3 Å². The van der Waals surface area contributed by atoms with E-state index in [-0.39, 0.29) is 11.0 Å². The number of nitrogens with two attached hydrogens (primary N) is 1. The Bertz CT molecular complexity index is 223. The van der Waals surface area contributed by atoms with Crippen molar-refractivity contribution in [3.8, 4) is 0 Å². The van der Waals surface area contributed by atoms with Gasteiger partial charge in [0, 0.05) is 30.7 Å². The maximum Gasteiger partial charge on any atom is 0.0652 e. The van der Waals surface area contributed by atoms with Crippen LogP contribution < -0.4 is 11.1 Å². The maximum absolute atomic E-state index is 6.04. The minimum atomic E-state index is 0.119. The molecule has 0 aromatic carbocycles. The van der Waals surface area contributed by atoms with E-state index in [0.29, 0.717) is 12.1 Å². The molecule has 0 spiro atoms. The highest BCUT2D eigenvalue weighted by Crippen LogP contribution is 2.43. The first-order chi connectivity index (χ1) is 6.48. The molecule has 0 saturated heterocycles. The molecule has 0 bridgehead atoms. The average molecular weight is 198 g/mol. The molecule has 0 amide bonds. The number of methoxy groups -OCH3 is 1. The second-order valence-electron chi connectivity index (χ2n) is 5.58. The molecule has 2 aliphatic carbocycles. The molecule has 2 fully saturated rings. The molecular formula is C11H22N2O. The lowest BCUT2D eigenvalue weighted by Crippen LogP contribution is -2.62. The number of rotatable bonds is 4. The van der Waals surface area contributed by atoms with Crippen molar-refractivity contribution in [3.05, 3.63) is 0 Å². The summed E-state index contributed by atoms with van der Waals surface area (Å²) in [7, 11) is 1.80. The first-order valence-electron chi connectivity index (χ1n) is 5.53. The zero-order valence-electron chi connectivity index (χ0n) is 9.47. The van der Waals surface area contributed by atoms with Gasteiger partial charge in [0.1, 0.15) is 0 Å². The van der Waals surface area contributed by atoms with Gasteiger partial charge in [-0.15, -0.1) is 0 Å². The summed E-state index contributed by atoms with van der Waals surface area (Å²) in [4.78, 5) is 0. The van der Waals surface area contributed by atoms with Gasteiger partial charge in [0.05, 0.1) is 6.10 Å². The predicted molar refractivity (Wildman–Crippen MR) is 57.1 cm³/mol. The van der Waals surface area contributed by atoms with Gasteiger partial charge in [-0.1, -0.05) is 13.8 Å². The average Bonchev–Trinajstić information content (AvgIpc) is 2.83. The van der Waals surface area contributed by atoms with Crippen molar-refractivity contribution in [2.24, 2.45) is 11.1 Å². The van der Waals surface area contributed by atoms with E-state index in [2.05, 4.69) is 19.2 Å². The first kappa shape index (κ1) is 10.4. The molecule has 0 aromatic heterocycles. The van der Waals surface area contributed by atoms with Gasteiger partial charge in [-0.3, -0.25) is 0 Å². The molecule has 0 radical (unpaired) electrons. The van der Waals surface area contributed by atoms with Crippen LogP contribution in [0, 0.1) is 5.41 Å². The normalized spacial score (nSPS) is 37.7. The van der Waals surface area contributed by atoms with Crippen LogP contribution in [0.25, 0.3) is 0 Å². The summed E-state index contributed by atoms with van der Waals surface area (Å²) in [6.07, 6.45) is 3.90. The van der Waals surface area contributed by atoms with Crippen LogP contribution in [0.3, 0.4) is 0 Å². The number of hydrogen-bond acceptors (Lipinski definition) is 3. The van der Waals surface area contributed by atoms with Gasteiger partial charge in [-0.25, -0.2) is 0 Å². The molecule has 2 saturated carbocycles. The number of hydrogen-bond donors (Lipinski definition) is 2. The highest BCUT2D eigenvalue weighted by molar-refractivity contribution is 5.06. The van der Waals surface area contributed by atoms with Crippen LogP contribution in [0.2, 0.25) is 0 Å². The Hall–Kier alpha value is -0.120. The Kier molecular flexibility index (Phi) is 2.37. The van der Waals surface area contributed by atoms with Gasteiger partial charge >= 0.3 is 0 Å². The summed E-state index contributed by atoms with van der Waals surface area (Å²) in [5.41, 5.74) is 6.42. The summed E-state index contributed by atoms with van der Waals surface area (Å²) in [5, 5.41) is 3.57. The summed E-state index contributed by atoms with van der Waals surface area (Å²) in [6.45, 7) is 5.49. The van der Waals surface area contributed by atoms with Crippen molar-refractivity contribution in [1.29, 1.82) is 0 Å². The van der Waals surface area contributed by atoms with Gasteiger partial charge < -0.3 is 15.8 Å². The second-order valence-corrected chi connectivity index (χ2v) is 5.58. The van der Waals surface area contributed by atoms with Crippen LogP contribution in [0.5, 0.6) is 0 Å². The highest BCUT2D eigenvalue weighted by atomic mass is 16.5. The fraction of sp³-hybridized carbons (Fsp3) is 1.00. The third-order valence-electron chi connectivity index (χ3n) is 4.05. The molecule has 0 aromatic rings. The molecule has 0 aliphatic heterocycles. The Labute approximate surface area is 86.4 Å². The predicted octanol–water partition coefficient (Wildman–Crippen LogP) is 0.881. The van der Waals surface area contributed by atoms with Crippen LogP contribution in [-0.4, -0.2) is 31.3 Å². The van der Waals surface area contributed by atoms with E-state index >= 15 is 0 Å². The van der Waals surface area contributed by atoms with Crippen molar-refractivity contribution in [2.75, 3.05) is 13.7 Å². The molecule has 2 unspecified atom stereocenters. The van der Waals surface area contributed by atoms with Crippen molar-refractivity contribution in [3.63, 3.8) is 0 Å². The van der Waals surface area contributed by atoms with Gasteiger partial charge in [0.2, 0.25) is 0 Å².